The minimum absolute atomic E-state index is 0.854. The van der Waals surface area contributed by atoms with E-state index in [4.69, 9.17) is 4.74 Å². The number of aryl methyl sites for hydroxylation is 1. The molecule has 0 aliphatic rings. The van der Waals surface area contributed by atoms with E-state index in [-0.39, 0.29) is 0 Å². The average molecular weight is 239 g/mol. The molecule has 1 aromatic carbocycles. The summed E-state index contributed by atoms with van der Waals surface area (Å²) in [7, 11) is 1.67. The average Bonchev–Trinajstić information content (AvgIpc) is 2.75. The summed E-state index contributed by atoms with van der Waals surface area (Å²) in [5.74, 6) is 0.854. The zero-order valence-electron chi connectivity index (χ0n) is 10.3. The van der Waals surface area contributed by atoms with Gasteiger partial charge in [0.15, 0.2) is 5.65 Å². The van der Waals surface area contributed by atoms with Crippen LogP contribution in [0.15, 0.2) is 42.9 Å². The summed E-state index contributed by atoms with van der Waals surface area (Å²) in [5, 5.41) is 0. The molecule has 0 spiro atoms. The summed E-state index contributed by atoms with van der Waals surface area (Å²) in [5.41, 5.74) is 4.07. The van der Waals surface area contributed by atoms with Crippen molar-refractivity contribution in [3.63, 3.8) is 0 Å². The van der Waals surface area contributed by atoms with Crippen LogP contribution in [0.2, 0.25) is 0 Å². The fourth-order valence-corrected chi connectivity index (χ4v) is 2.12. The van der Waals surface area contributed by atoms with E-state index >= 15 is 0 Å². The number of methoxy groups -OCH3 is 1. The number of hydrogen-bond donors (Lipinski definition) is 0. The lowest BCUT2D eigenvalue weighted by atomic mass is 10.1. The Labute approximate surface area is 105 Å². The summed E-state index contributed by atoms with van der Waals surface area (Å²) in [6.07, 6.45) is 5.45. The van der Waals surface area contributed by atoms with Gasteiger partial charge in [0.05, 0.1) is 24.7 Å². The van der Waals surface area contributed by atoms with E-state index in [1.807, 2.05) is 41.8 Å². The lowest BCUT2D eigenvalue weighted by molar-refractivity contribution is 0.415. The molecular formula is C14H13N3O. The Morgan fingerprint density at radius 2 is 1.94 bits per heavy atom. The number of nitrogens with zero attached hydrogens (tertiary/aromatic N) is 3. The Morgan fingerprint density at radius 1 is 1.17 bits per heavy atom. The van der Waals surface area contributed by atoms with Crippen molar-refractivity contribution < 1.29 is 4.74 Å². The third kappa shape index (κ3) is 1.62. The number of hydrogen-bond acceptors (Lipinski definition) is 3. The second-order valence-electron chi connectivity index (χ2n) is 4.08. The Morgan fingerprint density at radius 3 is 2.67 bits per heavy atom. The van der Waals surface area contributed by atoms with E-state index in [1.165, 1.54) is 0 Å². The fraction of sp³-hybridized carbons (Fsp3) is 0.143. The molecule has 0 N–H and O–H groups in total. The van der Waals surface area contributed by atoms with Crippen molar-refractivity contribution >= 4 is 5.65 Å². The second-order valence-corrected chi connectivity index (χ2v) is 4.08. The highest BCUT2D eigenvalue weighted by molar-refractivity contribution is 5.67. The minimum atomic E-state index is 0.854. The number of fused-ring (bicyclic) bond motifs is 1. The Kier molecular flexibility index (Phi) is 2.48. The number of aromatic nitrogens is 3. The van der Waals surface area contributed by atoms with Gasteiger partial charge in [-0.3, -0.25) is 9.38 Å². The first kappa shape index (κ1) is 10.8. The lowest BCUT2D eigenvalue weighted by Crippen LogP contribution is -1.90. The molecule has 0 amide bonds. The summed E-state index contributed by atoms with van der Waals surface area (Å²) in [4.78, 5) is 8.59. The van der Waals surface area contributed by atoms with Crippen molar-refractivity contribution in [3.8, 4) is 17.0 Å². The van der Waals surface area contributed by atoms with Gasteiger partial charge in [-0.2, -0.15) is 0 Å². The maximum Gasteiger partial charge on any atom is 0.156 e. The van der Waals surface area contributed by atoms with E-state index in [2.05, 4.69) is 9.97 Å². The van der Waals surface area contributed by atoms with Gasteiger partial charge in [0.1, 0.15) is 5.75 Å². The van der Waals surface area contributed by atoms with Gasteiger partial charge < -0.3 is 4.74 Å². The molecule has 0 atom stereocenters. The van der Waals surface area contributed by atoms with Crippen LogP contribution in [0.25, 0.3) is 16.9 Å². The van der Waals surface area contributed by atoms with Crippen molar-refractivity contribution in [2.24, 2.45) is 0 Å². The first-order chi connectivity index (χ1) is 8.79. The highest BCUT2D eigenvalue weighted by Crippen LogP contribution is 2.26. The highest BCUT2D eigenvalue weighted by atomic mass is 16.5. The van der Waals surface area contributed by atoms with E-state index in [1.54, 1.807) is 19.5 Å². The van der Waals surface area contributed by atoms with Crippen molar-refractivity contribution in [1.82, 2.24) is 14.4 Å². The van der Waals surface area contributed by atoms with Gasteiger partial charge in [0.2, 0.25) is 0 Å². The van der Waals surface area contributed by atoms with Gasteiger partial charge in [0, 0.05) is 18.0 Å². The zero-order chi connectivity index (χ0) is 12.5. The van der Waals surface area contributed by atoms with E-state index in [0.717, 1.165) is 28.3 Å². The molecule has 0 bridgehead atoms. The van der Waals surface area contributed by atoms with Crippen LogP contribution in [-0.2, 0) is 0 Å². The molecule has 0 radical (unpaired) electrons. The van der Waals surface area contributed by atoms with Crippen molar-refractivity contribution in [1.29, 1.82) is 0 Å². The molecule has 0 unspecified atom stereocenters. The van der Waals surface area contributed by atoms with Crippen LogP contribution < -0.4 is 4.74 Å². The molecule has 4 heteroatoms. The topological polar surface area (TPSA) is 39.4 Å². The van der Waals surface area contributed by atoms with Crippen LogP contribution in [-0.4, -0.2) is 21.5 Å². The summed E-state index contributed by atoms with van der Waals surface area (Å²) in [6, 6.07) is 7.98. The van der Waals surface area contributed by atoms with E-state index in [9.17, 15) is 0 Å². The van der Waals surface area contributed by atoms with E-state index in [0.29, 0.717) is 0 Å². The SMILES string of the molecule is COc1ccc(-c2c(C)nc3cnccn23)cc1. The third-order valence-electron chi connectivity index (χ3n) is 2.97. The number of ether oxygens (including phenoxy) is 1. The minimum Gasteiger partial charge on any atom is -0.497 e. The van der Waals surface area contributed by atoms with Gasteiger partial charge in [-0.05, 0) is 31.2 Å². The Bertz CT molecular complexity index is 686. The van der Waals surface area contributed by atoms with Crippen molar-refractivity contribution in [2.75, 3.05) is 7.11 Å². The third-order valence-corrected chi connectivity index (χ3v) is 2.97. The molecule has 18 heavy (non-hydrogen) atoms. The molecule has 2 heterocycles. The molecule has 0 aliphatic heterocycles. The Hall–Kier alpha value is -2.36. The predicted molar refractivity (Wildman–Crippen MR) is 69.7 cm³/mol. The molecule has 0 saturated heterocycles. The standard InChI is InChI=1S/C14H13N3O/c1-10-14(11-3-5-12(18-2)6-4-11)17-8-7-15-9-13(17)16-10/h3-9H,1-2H3. The summed E-state index contributed by atoms with van der Waals surface area (Å²) < 4.78 is 7.22. The maximum atomic E-state index is 5.17. The first-order valence-electron chi connectivity index (χ1n) is 5.72. The van der Waals surface area contributed by atoms with Gasteiger partial charge in [-0.25, -0.2) is 4.98 Å². The molecule has 0 fully saturated rings. The van der Waals surface area contributed by atoms with Gasteiger partial charge in [0.25, 0.3) is 0 Å². The summed E-state index contributed by atoms with van der Waals surface area (Å²) in [6.45, 7) is 2.01. The fourth-order valence-electron chi connectivity index (χ4n) is 2.12. The molecule has 0 saturated carbocycles. The molecule has 3 rings (SSSR count). The van der Waals surface area contributed by atoms with Gasteiger partial charge >= 0.3 is 0 Å². The molecule has 90 valence electrons. The molecule has 0 aliphatic carbocycles. The molecule has 4 nitrogen and oxygen atoms in total. The van der Waals surface area contributed by atoms with Gasteiger partial charge in [-0.1, -0.05) is 0 Å². The predicted octanol–water partition coefficient (Wildman–Crippen LogP) is 2.71. The van der Waals surface area contributed by atoms with Crippen LogP contribution >= 0.6 is 0 Å². The van der Waals surface area contributed by atoms with Crippen LogP contribution in [0.4, 0.5) is 0 Å². The van der Waals surface area contributed by atoms with Crippen LogP contribution in [0.5, 0.6) is 5.75 Å². The molecular weight excluding hydrogens is 226 g/mol. The highest BCUT2D eigenvalue weighted by Gasteiger charge is 2.10. The monoisotopic (exact) mass is 239 g/mol. The van der Waals surface area contributed by atoms with E-state index < -0.39 is 0 Å². The Balaban J connectivity index is 2.20. The van der Waals surface area contributed by atoms with Crippen molar-refractivity contribution in [3.05, 3.63) is 48.5 Å². The zero-order valence-corrected chi connectivity index (χ0v) is 10.3. The van der Waals surface area contributed by atoms with Gasteiger partial charge in [-0.15, -0.1) is 0 Å². The normalized spacial score (nSPS) is 10.8. The van der Waals surface area contributed by atoms with Crippen molar-refractivity contribution in [2.45, 2.75) is 6.92 Å². The van der Waals surface area contributed by atoms with Crippen LogP contribution in [0.3, 0.4) is 0 Å². The lowest BCUT2D eigenvalue weighted by Gasteiger charge is -2.04. The largest absolute Gasteiger partial charge is 0.497 e. The number of imidazole rings is 1. The summed E-state index contributed by atoms with van der Waals surface area (Å²) >= 11 is 0. The van der Waals surface area contributed by atoms with Crippen LogP contribution in [0, 0.1) is 6.92 Å². The molecule has 2 aromatic heterocycles. The quantitative estimate of drug-likeness (QED) is 0.690. The second kappa shape index (κ2) is 4.14. The van der Waals surface area contributed by atoms with Crippen LogP contribution in [0.1, 0.15) is 5.69 Å². The number of rotatable bonds is 2. The smallest absolute Gasteiger partial charge is 0.156 e. The molecule has 3 aromatic rings. The maximum absolute atomic E-state index is 5.17. The first-order valence-corrected chi connectivity index (χ1v) is 5.72. The number of benzene rings is 1.